The van der Waals surface area contributed by atoms with Crippen molar-refractivity contribution < 1.29 is 0 Å². The summed E-state index contributed by atoms with van der Waals surface area (Å²) in [7, 11) is 0. The fourth-order valence-electron chi connectivity index (χ4n) is 4.35. The molecule has 0 aromatic rings. The van der Waals surface area contributed by atoms with E-state index in [2.05, 4.69) is 37.5 Å². The number of nitrogens with zero attached hydrogens (tertiary/aromatic N) is 2. The molecule has 2 aliphatic heterocycles. The largest absolute Gasteiger partial charge is 0.300 e. The van der Waals surface area contributed by atoms with E-state index in [-0.39, 0.29) is 0 Å². The topological polar surface area (TPSA) is 6.48 Å². The van der Waals surface area contributed by atoms with Gasteiger partial charge in [-0.25, -0.2) is 0 Å². The van der Waals surface area contributed by atoms with Gasteiger partial charge in [-0.2, -0.15) is 0 Å². The Morgan fingerprint density at radius 2 is 1.00 bits per heavy atom. The number of likely N-dealkylation sites (tertiary alicyclic amines) is 2. The van der Waals surface area contributed by atoms with Crippen LogP contribution in [0.15, 0.2) is 0 Å². The average molecular weight is 222 g/mol. The van der Waals surface area contributed by atoms with E-state index in [9.17, 15) is 0 Å². The third-order valence-corrected chi connectivity index (χ3v) is 5.11. The molecule has 3 rings (SSSR count). The SMILES string of the molecule is CC(C)N1CC2(C1)CC1(CN(C(C)C)C1)C2. The van der Waals surface area contributed by atoms with Gasteiger partial charge in [0.1, 0.15) is 0 Å². The van der Waals surface area contributed by atoms with Crippen LogP contribution < -0.4 is 0 Å². The summed E-state index contributed by atoms with van der Waals surface area (Å²) in [6.07, 6.45) is 3.04. The van der Waals surface area contributed by atoms with Gasteiger partial charge in [0.05, 0.1) is 0 Å². The molecule has 2 spiro atoms. The standard InChI is InChI=1S/C14H26N2/c1-11(2)15-7-13(8-15)5-14(6-13)9-16(10-14)12(3)4/h11-12H,5-10H2,1-4H3. The Morgan fingerprint density at radius 1 is 0.688 bits per heavy atom. The van der Waals surface area contributed by atoms with Crippen LogP contribution in [-0.2, 0) is 0 Å². The fourth-order valence-corrected chi connectivity index (χ4v) is 4.35. The van der Waals surface area contributed by atoms with Crippen molar-refractivity contribution in [2.45, 2.75) is 52.6 Å². The zero-order valence-electron chi connectivity index (χ0n) is 11.3. The summed E-state index contributed by atoms with van der Waals surface area (Å²) in [5, 5.41) is 0. The third-order valence-electron chi connectivity index (χ3n) is 5.11. The Hall–Kier alpha value is -0.0800. The second kappa shape index (κ2) is 3.23. The molecule has 2 saturated heterocycles. The van der Waals surface area contributed by atoms with E-state index in [0.717, 1.165) is 22.9 Å². The van der Waals surface area contributed by atoms with Gasteiger partial charge in [0, 0.05) is 38.3 Å². The van der Waals surface area contributed by atoms with Gasteiger partial charge in [0.2, 0.25) is 0 Å². The Morgan fingerprint density at radius 3 is 1.25 bits per heavy atom. The zero-order chi connectivity index (χ0) is 11.6. The maximum absolute atomic E-state index is 2.63. The van der Waals surface area contributed by atoms with Crippen LogP contribution in [-0.4, -0.2) is 48.1 Å². The first-order valence-electron chi connectivity index (χ1n) is 6.92. The first kappa shape index (κ1) is 11.0. The highest BCUT2D eigenvalue weighted by Crippen LogP contribution is 2.62. The zero-order valence-corrected chi connectivity index (χ0v) is 11.3. The first-order chi connectivity index (χ1) is 7.44. The Labute approximate surface area is 100.0 Å². The summed E-state index contributed by atoms with van der Waals surface area (Å²) in [6.45, 7) is 14.8. The van der Waals surface area contributed by atoms with Crippen molar-refractivity contribution in [2.75, 3.05) is 26.2 Å². The molecule has 3 aliphatic rings. The molecular weight excluding hydrogens is 196 g/mol. The van der Waals surface area contributed by atoms with Crippen LogP contribution in [0.4, 0.5) is 0 Å². The fraction of sp³-hybridized carbons (Fsp3) is 1.00. The lowest BCUT2D eigenvalue weighted by Gasteiger charge is -2.71. The van der Waals surface area contributed by atoms with Crippen molar-refractivity contribution in [1.82, 2.24) is 9.80 Å². The molecule has 0 bridgehead atoms. The lowest BCUT2D eigenvalue weighted by Crippen LogP contribution is -2.74. The lowest BCUT2D eigenvalue weighted by atomic mass is 9.46. The molecule has 0 N–H and O–H groups in total. The number of hydrogen-bond acceptors (Lipinski definition) is 2. The molecule has 1 saturated carbocycles. The summed E-state index contributed by atoms with van der Waals surface area (Å²) < 4.78 is 0. The summed E-state index contributed by atoms with van der Waals surface area (Å²) in [5.41, 5.74) is 1.51. The third kappa shape index (κ3) is 1.46. The van der Waals surface area contributed by atoms with Gasteiger partial charge in [0.15, 0.2) is 0 Å². The molecule has 16 heavy (non-hydrogen) atoms. The van der Waals surface area contributed by atoms with Crippen LogP contribution in [0, 0.1) is 10.8 Å². The van der Waals surface area contributed by atoms with Gasteiger partial charge in [-0.15, -0.1) is 0 Å². The van der Waals surface area contributed by atoms with Gasteiger partial charge in [-0.05, 0) is 51.4 Å². The minimum Gasteiger partial charge on any atom is -0.300 e. The van der Waals surface area contributed by atoms with Crippen molar-refractivity contribution in [1.29, 1.82) is 0 Å². The molecular formula is C14H26N2. The number of rotatable bonds is 2. The summed E-state index contributed by atoms with van der Waals surface area (Å²) in [5.74, 6) is 0. The Bertz CT molecular complexity index is 245. The molecule has 1 aliphatic carbocycles. The summed E-state index contributed by atoms with van der Waals surface area (Å²) in [4.78, 5) is 5.26. The average Bonchev–Trinajstić information content (AvgIpc) is 1.93. The van der Waals surface area contributed by atoms with Crippen LogP contribution >= 0.6 is 0 Å². The van der Waals surface area contributed by atoms with E-state index in [1.54, 1.807) is 0 Å². The second-order valence-electron chi connectivity index (χ2n) is 7.35. The van der Waals surface area contributed by atoms with Crippen molar-refractivity contribution in [2.24, 2.45) is 10.8 Å². The predicted molar refractivity (Wildman–Crippen MR) is 67.5 cm³/mol. The molecule has 2 heteroatoms. The summed E-state index contributed by atoms with van der Waals surface area (Å²) in [6, 6.07) is 1.52. The predicted octanol–water partition coefficient (Wildman–Crippen LogP) is 2.20. The van der Waals surface area contributed by atoms with Crippen molar-refractivity contribution in [3.8, 4) is 0 Å². The highest BCUT2D eigenvalue weighted by molar-refractivity contribution is 5.16. The molecule has 2 heterocycles. The minimum atomic E-state index is 0.757. The van der Waals surface area contributed by atoms with Crippen molar-refractivity contribution >= 4 is 0 Å². The van der Waals surface area contributed by atoms with E-state index >= 15 is 0 Å². The van der Waals surface area contributed by atoms with Gasteiger partial charge >= 0.3 is 0 Å². The molecule has 92 valence electrons. The molecule has 0 unspecified atom stereocenters. The lowest BCUT2D eigenvalue weighted by molar-refractivity contribution is -0.209. The molecule has 0 radical (unpaired) electrons. The minimum absolute atomic E-state index is 0.757. The maximum atomic E-state index is 2.63. The van der Waals surface area contributed by atoms with Gasteiger partial charge in [-0.1, -0.05) is 0 Å². The Kier molecular flexibility index (Phi) is 2.23. The van der Waals surface area contributed by atoms with Crippen LogP contribution in [0.5, 0.6) is 0 Å². The highest BCUT2D eigenvalue weighted by Gasteiger charge is 2.63. The molecule has 3 fully saturated rings. The molecule has 0 aromatic heterocycles. The van der Waals surface area contributed by atoms with Crippen molar-refractivity contribution in [3.63, 3.8) is 0 Å². The van der Waals surface area contributed by atoms with E-state index in [1.807, 2.05) is 0 Å². The summed E-state index contributed by atoms with van der Waals surface area (Å²) >= 11 is 0. The van der Waals surface area contributed by atoms with Gasteiger partial charge in [-0.3, -0.25) is 9.80 Å². The van der Waals surface area contributed by atoms with Gasteiger partial charge < -0.3 is 0 Å². The number of hydrogen-bond donors (Lipinski definition) is 0. The second-order valence-corrected chi connectivity index (χ2v) is 7.35. The Balaban J connectivity index is 1.47. The van der Waals surface area contributed by atoms with E-state index < -0.39 is 0 Å². The van der Waals surface area contributed by atoms with E-state index in [0.29, 0.717) is 0 Å². The van der Waals surface area contributed by atoms with Gasteiger partial charge in [0.25, 0.3) is 0 Å². The van der Waals surface area contributed by atoms with Crippen LogP contribution in [0.3, 0.4) is 0 Å². The van der Waals surface area contributed by atoms with E-state index in [4.69, 9.17) is 0 Å². The van der Waals surface area contributed by atoms with Crippen LogP contribution in [0.1, 0.15) is 40.5 Å². The first-order valence-corrected chi connectivity index (χ1v) is 6.92. The normalized spacial score (nSPS) is 31.9. The highest BCUT2D eigenvalue weighted by atomic mass is 15.3. The monoisotopic (exact) mass is 222 g/mol. The maximum Gasteiger partial charge on any atom is 0.00536 e. The van der Waals surface area contributed by atoms with Crippen LogP contribution in [0.2, 0.25) is 0 Å². The quantitative estimate of drug-likeness (QED) is 0.707. The van der Waals surface area contributed by atoms with E-state index in [1.165, 1.54) is 39.0 Å². The smallest absolute Gasteiger partial charge is 0.00536 e. The van der Waals surface area contributed by atoms with Crippen LogP contribution in [0.25, 0.3) is 0 Å². The molecule has 0 amide bonds. The molecule has 2 nitrogen and oxygen atoms in total. The molecule has 0 atom stereocenters. The molecule has 0 aromatic carbocycles. The van der Waals surface area contributed by atoms with Crippen molar-refractivity contribution in [3.05, 3.63) is 0 Å².